The number of nitrogen functional groups attached to an aromatic ring is 1. The number of aliphatic hydroxyl groups is 1. The normalized spacial score (nSPS) is 12.2. The van der Waals surface area contributed by atoms with Gasteiger partial charge in [-0.2, -0.15) is 0 Å². The van der Waals surface area contributed by atoms with Gasteiger partial charge in [-0.1, -0.05) is 17.7 Å². The fourth-order valence-electron chi connectivity index (χ4n) is 1.33. The van der Waals surface area contributed by atoms with Gasteiger partial charge < -0.3 is 20.9 Å². The molecule has 17 heavy (non-hydrogen) atoms. The monoisotopic (exact) mass is 258 g/mol. The molecule has 1 aromatic carbocycles. The molecule has 0 saturated carbocycles. The highest BCUT2D eigenvalue weighted by molar-refractivity contribution is 6.34. The Kier molecular flexibility index (Phi) is 5.21. The fourth-order valence-corrected chi connectivity index (χ4v) is 1.60. The minimum absolute atomic E-state index is 0.0807. The van der Waals surface area contributed by atoms with Gasteiger partial charge in [0.25, 0.3) is 5.91 Å². The van der Waals surface area contributed by atoms with E-state index in [1.165, 1.54) is 7.11 Å². The number of benzene rings is 1. The minimum Gasteiger partial charge on any atom is -0.398 e. The van der Waals surface area contributed by atoms with Crippen LogP contribution in [0.5, 0.6) is 0 Å². The second kappa shape index (κ2) is 6.44. The lowest BCUT2D eigenvalue weighted by molar-refractivity contribution is 0.0610. The van der Waals surface area contributed by atoms with Crippen LogP contribution in [-0.4, -0.2) is 37.4 Å². The number of carbonyl (C=O) groups excluding carboxylic acids is 1. The van der Waals surface area contributed by atoms with Gasteiger partial charge in [-0.3, -0.25) is 4.79 Å². The van der Waals surface area contributed by atoms with Gasteiger partial charge in [0.2, 0.25) is 0 Å². The summed E-state index contributed by atoms with van der Waals surface area (Å²) in [5.74, 6) is -0.414. The first-order valence-electron chi connectivity index (χ1n) is 5.05. The molecular weight excluding hydrogens is 244 g/mol. The van der Waals surface area contributed by atoms with Crippen LogP contribution in [0.3, 0.4) is 0 Å². The Morgan fingerprint density at radius 1 is 1.65 bits per heavy atom. The number of hydrogen-bond acceptors (Lipinski definition) is 4. The Morgan fingerprint density at radius 2 is 2.35 bits per heavy atom. The minimum atomic E-state index is -0.757. The molecule has 0 aromatic heterocycles. The zero-order valence-electron chi connectivity index (χ0n) is 9.44. The van der Waals surface area contributed by atoms with Crippen LogP contribution in [0, 0.1) is 0 Å². The molecule has 1 unspecified atom stereocenters. The molecule has 4 N–H and O–H groups in total. The molecule has 1 aromatic rings. The molecule has 1 atom stereocenters. The van der Waals surface area contributed by atoms with Crippen LogP contribution in [0.2, 0.25) is 5.02 Å². The average molecular weight is 259 g/mol. The summed E-state index contributed by atoms with van der Waals surface area (Å²) < 4.78 is 4.74. The van der Waals surface area contributed by atoms with Gasteiger partial charge in [-0.25, -0.2) is 0 Å². The SMILES string of the molecule is COCC(O)CNC(=O)c1c(N)cccc1Cl. The van der Waals surface area contributed by atoms with E-state index in [1.807, 2.05) is 0 Å². The van der Waals surface area contributed by atoms with Gasteiger partial charge in [0.1, 0.15) is 0 Å². The Balaban J connectivity index is 2.64. The van der Waals surface area contributed by atoms with E-state index in [0.717, 1.165) is 0 Å². The van der Waals surface area contributed by atoms with Crippen LogP contribution in [-0.2, 0) is 4.74 Å². The molecule has 0 fully saturated rings. The number of amides is 1. The van der Waals surface area contributed by atoms with Crippen molar-refractivity contribution < 1.29 is 14.6 Å². The van der Waals surface area contributed by atoms with E-state index in [4.69, 9.17) is 22.1 Å². The summed E-state index contributed by atoms with van der Waals surface area (Å²) in [5, 5.41) is 12.2. The Hall–Kier alpha value is -1.30. The molecule has 0 heterocycles. The first kappa shape index (κ1) is 13.8. The van der Waals surface area contributed by atoms with Gasteiger partial charge in [0, 0.05) is 19.3 Å². The van der Waals surface area contributed by atoms with Gasteiger partial charge in [-0.15, -0.1) is 0 Å². The molecule has 0 aliphatic carbocycles. The predicted molar refractivity (Wildman–Crippen MR) is 66.1 cm³/mol. The summed E-state index contributed by atoms with van der Waals surface area (Å²) in [6, 6.07) is 4.83. The Bertz CT molecular complexity index is 378. The summed E-state index contributed by atoms with van der Waals surface area (Å²) in [7, 11) is 1.47. The highest BCUT2D eigenvalue weighted by Gasteiger charge is 2.14. The topological polar surface area (TPSA) is 84.6 Å². The van der Waals surface area contributed by atoms with Crippen molar-refractivity contribution in [2.45, 2.75) is 6.10 Å². The van der Waals surface area contributed by atoms with Crippen molar-refractivity contribution in [2.24, 2.45) is 0 Å². The summed E-state index contributed by atoms with van der Waals surface area (Å²) in [5.41, 5.74) is 6.18. The molecule has 94 valence electrons. The second-order valence-corrected chi connectivity index (χ2v) is 3.93. The van der Waals surface area contributed by atoms with Crippen LogP contribution < -0.4 is 11.1 Å². The van der Waals surface area contributed by atoms with Gasteiger partial charge in [0.15, 0.2) is 0 Å². The number of hydrogen-bond donors (Lipinski definition) is 3. The molecule has 0 aliphatic rings. The number of nitrogens with two attached hydrogens (primary N) is 1. The number of methoxy groups -OCH3 is 1. The molecule has 1 amide bonds. The van der Waals surface area contributed by atoms with Crippen molar-refractivity contribution in [1.82, 2.24) is 5.32 Å². The summed E-state index contributed by atoms with van der Waals surface area (Å²) in [4.78, 5) is 11.8. The molecular formula is C11H15ClN2O3. The fraction of sp³-hybridized carbons (Fsp3) is 0.364. The van der Waals surface area contributed by atoms with Crippen LogP contribution in [0.4, 0.5) is 5.69 Å². The predicted octanol–water partition coefficient (Wildman–Crippen LogP) is 0.659. The average Bonchev–Trinajstić information content (AvgIpc) is 2.26. The Labute approximate surface area is 105 Å². The van der Waals surface area contributed by atoms with Crippen molar-refractivity contribution in [1.29, 1.82) is 0 Å². The van der Waals surface area contributed by atoms with E-state index < -0.39 is 12.0 Å². The third-order valence-electron chi connectivity index (χ3n) is 2.13. The molecule has 0 saturated heterocycles. The molecule has 0 spiro atoms. The number of halogens is 1. The maximum Gasteiger partial charge on any atom is 0.254 e. The van der Waals surface area contributed by atoms with Crippen molar-refractivity contribution in [2.75, 3.05) is 26.0 Å². The summed E-state index contributed by atoms with van der Waals surface area (Å²) in [6.07, 6.45) is -0.757. The van der Waals surface area contributed by atoms with E-state index in [9.17, 15) is 9.90 Å². The van der Waals surface area contributed by atoms with Gasteiger partial charge in [0.05, 0.1) is 23.3 Å². The van der Waals surface area contributed by atoms with Crippen LogP contribution in [0.15, 0.2) is 18.2 Å². The Morgan fingerprint density at radius 3 is 2.94 bits per heavy atom. The van der Waals surface area contributed by atoms with Crippen LogP contribution in [0.25, 0.3) is 0 Å². The smallest absolute Gasteiger partial charge is 0.254 e. The van der Waals surface area contributed by atoms with E-state index in [1.54, 1.807) is 18.2 Å². The van der Waals surface area contributed by atoms with E-state index >= 15 is 0 Å². The number of ether oxygens (including phenoxy) is 1. The van der Waals surface area contributed by atoms with Gasteiger partial charge in [-0.05, 0) is 12.1 Å². The molecule has 0 aliphatic heterocycles. The zero-order valence-corrected chi connectivity index (χ0v) is 10.2. The lowest BCUT2D eigenvalue weighted by Gasteiger charge is -2.12. The number of nitrogens with one attached hydrogen (secondary N) is 1. The highest BCUT2D eigenvalue weighted by Crippen LogP contribution is 2.21. The van der Waals surface area contributed by atoms with E-state index in [2.05, 4.69) is 5.32 Å². The van der Waals surface area contributed by atoms with Crippen molar-refractivity contribution in [3.05, 3.63) is 28.8 Å². The summed E-state index contributed by atoms with van der Waals surface area (Å²) >= 11 is 5.87. The standard InChI is InChI=1S/C11H15ClN2O3/c1-17-6-7(15)5-14-11(16)10-8(12)3-2-4-9(10)13/h2-4,7,15H,5-6,13H2,1H3,(H,14,16). The van der Waals surface area contributed by atoms with E-state index in [-0.39, 0.29) is 23.7 Å². The van der Waals surface area contributed by atoms with Crippen molar-refractivity contribution in [3.8, 4) is 0 Å². The molecule has 0 bridgehead atoms. The molecule has 5 nitrogen and oxygen atoms in total. The number of rotatable bonds is 5. The first-order chi connectivity index (χ1) is 8.06. The molecule has 0 radical (unpaired) electrons. The van der Waals surface area contributed by atoms with Crippen molar-refractivity contribution >= 4 is 23.2 Å². The number of carbonyl (C=O) groups is 1. The van der Waals surface area contributed by atoms with Crippen molar-refractivity contribution in [3.63, 3.8) is 0 Å². The number of anilines is 1. The largest absolute Gasteiger partial charge is 0.398 e. The lowest BCUT2D eigenvalue weighted by atomic mass is 10.1. The molecule has 6 heteroatoms. The summed E-state index contributed by atoms with van der Waals surface area (Å²) in [6.45, 7) is 0.232. The zero-order chi connectivity index (χ0) is 12.8. The third-order valence-corrected chi connectivity index (χ3v) is 2.45. The van der Waals surface area contributed by atoms with Crippen LogP contribution in [0.1, 0.15) is 10.4 Å². The third kappa shape index (κ3) is 3.89. The first-order valence-corrected chi connectivity index (χ1v) is 5.43. The van der Waals surface area contributed by atoms with E-state index in [0.29, 0.717) is 5.69 Å². The maximum atomic E-state index is 11.8. The number of aliphatic hydroxyl groups excluding tert-OH is 1. The lowest BCUT2D eigenvalue weighted by Crippen LogP contribution is -2.34. The van der Waals surface area contributed by atoms with Crippen LogP contribution >= 0.6 is 11.6 Å². The van der Waals surface area contributed by atoms with Gasteiger partial charge >= 0.3 is 0 Å². The molecule has 1 rings (SSSR count). The highest BCUT2D eigenvalue weighted by atomic mass is 35.5. The quantitative estimate of drug-likeness (QED) is 0.678. The maximum absolute atomic E-state index is 11.8. The second-order valence-electron chi connectivity index (χ2n) is 3.52.